The predicted molar refractivity (Wildman–Crippen MR) is 67.8 cm³/mol. The summed E-state index contributed by atoms with van der Waals surface area (Å²) in [6, 6.07) is 3.17. The summed E-state index contributed by atoms with van der Waals surface area (Å²) in [5.41, 5.74) is -0.540. The molecule has 2 N–H and O–H groups in total. The SMILES string of the molecule is O=C(CNCCCCC(F)(F)F)Nc1c(F)cccc1F. The zero-order valence-corrected chi connectivity index (χ0v) is 11.1. The number of hydrogen-bond acceptors (Lipinski definition) is 2. The van der Waals surface area contributed by atoms with Crippen LogP contribution in [0.15, 0.2) is 18.2 Å². The zero-order chi connectivity index (χ0) is 15.9. The molecule has 0 unspecified atom stereocenters. The molecule has 1 aromatic carbocycles. The van der Waals surface area contributed by atoms with Crippen molar-refractivity contribution in [3.05, 3.63) is 29.8 Å². The van der Waals surface area contributed by atoms with Gasteiger partial charge < -0.3 is 10.6 Å². The highest BCUT2D eigenvalue weighted by molar-refractivity contribution is 5.92. The van der Waals surface area contributed by atoms with Gasteiger partial charge in [-0.2, -0.15) is 13.2 Å². The summed E-state index contributed by atoms with van der Waals surface area (Å²) in [5, 5.41) is 4.67. The summed E-state index contributed by atoms with van der Waals surface area (Å²) in [6.07, 6.45) is -4.85. The van der Waals surface area contributed by atoms with Crippen LogP contribution in [0.1, 0.15) is 19.3 Å². The average molecular weight is 310 g/mol. The van der Waals surface area contributed by atoms with E-state index in [2.05, 4.69) is 10.6 Å². The van der Waals surface area contributed by atoms with Crippen LogP contribution >= 0.6 is 0 Å². The van der Waals surface area contributed by atoms with Crippen LogP contribution < -0.4 is 10.6 Å². The summed E-state index contributed by atoms with van der Waals surface area (Å²) in [7, 11) is 0. The van der Waals surface area contributed by atoms with Gasteiger partial charge >= 0.3 is 6.18 Å². The smallest absolute Gasteiger partial charge is 0.320 e. The van der Waals surface area contributed by atoms with Gasteiger partial charge in [0.05, 0.1) is 6.54 Å². The van der Waals surface area contributed by atoms with E-state index in [-0.39, 0.29) is 25.9 Å². The lowest BCUT2D eigenvalue weighted by atomic mass is 10.2. The Morgan fingerprint density at radius 3 is 2.29 bits per heavy atom. The first-order chi connectivity index (χ1) is 9.79. The van der Waals surface area contributed by atoms with Crippen molar-refractivity contribution < 1.29 is 26.7 Å². The normalized spacial score (nSPS) is 11.5. The summed E-state index contributed by atoms with van der Waals surface area (Å²) in [6.45, 7) is -0.0248. The first kappa shape index (κ1) is 17.4. The molecule has 0 saturated carbocycles. The molecule has 0 spiro atoms. The molecular weight excluding hydrogens is 295 g/mol. The van der Waals surface area contributed by atoms with Crippen molar-refractivity contribution >= 4 is 11.6 Å². The van der Waals surface area contributed by atoms with Crippen LogP contribution in [-0.4, -0.2) is 25.2 Å². The van der Waals surface area contributed by atoms with Crippen molar-refractivity contribution in [3.8, 4) is 0 Å². The third-order valence-electron chi connectivity index (χ3n) is 2.58. The monoisotopic (exact) mass is 310 g/mol. The highest BCUT2D eigenvalue weighted by Crippen LogP contribution is 2.21. The van der Waals surface area contributed by atoms with Gasteiger partial charge in [0.15, 0.2) is 0 Å². The Morgan fingerprint density at radius 2 is 1.71 bits per heavy atom. The average Bonchev–Trinajstić information content (AvgIpc) is 2.37. The van der Waals surface area contributed by atoms with Gasteiger partial charge in [-0.05, 0) is 31.5 Å². The second-order valence-corrected chi connectivity index (χ2v) is 4.39. The number of alkyl halides is 3. The maximum Gasteiger partial charge on any atom is 0.389 e. The van der Waals surface area contributed by atoms with E-state index in [0.717, 1.165) is 12.1 Å². The minimum Gasteiger partial charge on any atom is -0.320 e. The quantitative estimate of drug-likeness (QED) is 0.600. The van der Waals surface area contributed by atoms with Gasteiger partial charge in [-0.1, -0.05) is 6.07 Å². The summed E-state index contributed by atoms with van der Waals surface area (Å²) >= 11 is 0. The number of halogens is 5. The fourth-order valence-electron chi connectivity index (χ4n) is 1.58. The Labute approximate surface area is 118 Å². The molecule has 118 valence electrons. The molecule has 1 aromatic rings. The molecule has 0 aliphatic rings. The van der Waals surface area contributed by atoms with Crippen molar-refractivity contribution in [2.75, 3.05) is 18.4 Å². The number of carbonyl (C=O) groups excluding carboxylic acids is 1. The van der Waals surface area contributed by atoms with E-state index in [1.165, 1.54) is 6.07 Å². The number of unbranched alkanes of at least 4 members (excludes halogenated alkanes) is 1. The zero-order valence-electron chi connectivity index (χ0n) is 11.1. The minimum atomic E-state index is -4.18. The van der Waals surface area contributed by atoms with Crippen molar-refractivity contribution in [3.63, 3.8) is 0 Å². The number of amides is 1. The second-order valence-electron chi connectivity index (χ2n) is 4.39. The molecule has 3 nitrogen and oxygen atoms in total. The fraction of sp³-hybridized carbons (Fsp3) is 0.462. The van der Waals surface area contributed by atoms with Crippen molar-refractivity contribution in [1.82, 2.24) is 5.32 Å². The molecule has 1 rings (SSSR count). The first-order valence-electron chi connectivity index (χ1n) is 6.31. The van der Waals surface area contributed by atoms with E-state index in [0.29, 0.717) is 0 Å². The first-order valence-corrected chi connectivity index (χ1v) is 6.31. The van der Waals surface area contributed by atoms with Crippen molar-refractivity contribution in [2.24, 2.45) is 0 Å². The number of nitrogens with one attached hydrogen (secondary N) is 2. The van der Waals surface area contributed by atoms with E-state index in [1.807, 2.05) is 0 Å². The number of rotatable bonds is 7. The van der Waals surface area contributed by atoms with Crippen molar-refractivity contribution in [2.45, 2.75) is 25.4 Å². The molecule has 1 amide bonds. The highest BCUT2D eigenvalue weighted by atomic mass is 19.4. The lowest BCUT2D eigenvalue weighted by Crippen LogP contribution is -2.29. The minimum absolute atomic E-state index is 0.0416. The largest absolute Gasteiger partial charge is 0.389 e. The van der Waals surface area contributed by atoms with Crippen LogP contribution in [0.25, 0.3) is 0 Å². The molecule has 0 aliphatic heterocycles. The molecule has 0 bridgehead atoms. The van der Waals surface area contributed by atoms with Crippen LogP contribution in [0.2, 0.25) is 0 Å². The molecule has 21 heavy (non-hydrogen) atoms. The molecule has 8 heteroatoms. The lowest BCUT2D eigenvalue weighted by molar-refractivity contribution is -0.135. The lowest BCUT2D eigenvalue weighted by Gasteiger charge is -2.09. The second kappa shape index (κ2) is 7.92. The number of carbonyl (C=O) groups is 1. The summed E-state index contributed by atoms with van der Waals surface area (Å²) in [4.78, 5) is 11.4. The van der Waals surface area contributed by atoms with Gasteiger partial charge in [0.1, 0.15) is 17.3 Å². The van der Waals surface area contributed by atoms with Gasteiger partial charge in [-0.15, -0.1) is 0 Å². The van der Waals surface area contributed by atoms with Gasteiger partial charge in [0.25, 0.3) is 0 Å². The van der Waals surface area contributed by atoms with Crippen LogP contribution in [0.4, 0.5) is 27.6 Å². The highest BCUT2D eigenvalue weighted by Gasteiger charge is 2.25. The Kier molecular flexibility index (Phi) is 6.54. The van der Waals surface area contributed by atoms with Crippen LogP contribution in [-0.2, 0) is 4.79 Å². The molecule has 0 saturated heterocycles. The van der Waals surface area contributed by atoms with Gasteiger partial charge in [-0.25, -0.2) is 8.78 Å². The number of benzene rings is 1. The van der Waals surface area contributed by atoms with Crippen LogP contribution in [0.5, 0.6) is 0 Å². The van der Waals surface area contributed by atoms with E-state index in [1.54, 1.807) is 0 Å². The Hall–Kier alpha value is -1.70. The predicted octanol–water partition coefficient (Wildman–Crippen LogP) is 3.23. The molecule has 0 atom stereocenters. The van der Waals surface area contributed by atoms with Crippen LogP contribution in [0.3, 0.4) is 0 Å². The van der Waals surface area contributed by atoms with E-state index >= 15 is 0 Å². The third kappa shape index (κ3) is 7.03. The maximum atomic E-state index is 13.2. The number of para-hydroxylation sites is 1. The molecular formula is C13H15F5N2O. The number of hydrogen-bond donors (Lipinski definition) is 2. The van der Waals surface area contributed by atoms with Gasteiger partial charge in [0.2, 0.25) is 5.91 Å². The van der Waals surface area contributed by atoms with Crippen molar-refractivity contribution in [1.29, 1.82) is 0 Å². The molecule has 0 fully saturated rings. The van der Waals surface area contributed by atoms with Gasteiger partial charge in [0, 0.05) is 6.42 Å². The van der Waals surface area contributed by atoms with E-state index in [4.69, 9.17) is 0 Å². The van der Waals surface area contributed by atoms with E-state index in [9.17, 15) is 26.7 Å². The molecule has 0 radical (unpaired) electrons. The maximum absolute atomic E-state index is 13.2. The van der Waals surface area contributed by atoms with E-state index < -0.39 is 35.8 Å². The Bertz CT molecular complexity index is 456. The Balaban J connectivity index is 2.23. The summed E-state index contributed by atoms with van der Waals surface area (Å²) in [5.74, 6) is -2.46. The van der Waals surface area contributed by atoms with Gasteiger partial charge in [-0.3, -0.25) is 4.79 Å². The Morgan fingerprint density at radius 1 is 1.10 bits per heavy atom. The molecule has 0 heterocycles. The molecule has 0 aliphatic carbocycles. The molecule has 0 aromatic heterocycles. The third-order valence-corrected chi connectivity index (χ3v) is 2.58. The van der Waals surface area contributed by atoms with Crippen LogP contribution in [0, 0.1) is 11.6 Å². The summed E-state index contributed by atoms with van der Waals surface area (Å²) < 4.78 is 62.0. The fourth-order valence-corrected chi connectivity index (χ4v) is 1.58. The number of anilines is 1. The standard InChI is InChI=1S/C13H15F5N2O/c14-9-4-3-5-10(15)12(9)20-11(21)8-19-7-2-1-6-13(16,17)18/h3-5,19H,1-2,6-8H2,(H,20,21). The topological polar surface area (TPSA) is 41.1 Å².